The van der Waals surface area contributed by atoms with E-state index in [0.29, 0.717) is 0 Å². The first-order chi connectivity index (χ1) is 10.3. The van der Waals surface area contributed by atoms with Crippen LogP contribution in [0.1, 0.15) is 50.7 Å². The van der Waals surface area contributed by atoms with E-state index in [0.717, 1.165) is 0 Å². The molecule has 2 aromatic carbocycles. The molecule has 0 N–H and O–H groups in total. The lowest BCUT2D eigenvalue weighted by Crippen LogP contribution is -1.90. The van der Waals surface area contributed by atoms with E-state index in [1.807, 2.05) is 0 Å². The highest BCUT2D eigenvalue weighted by atomic mass is 14.3. The topological polar surface area (TPSA) is 0 Å². The normalized spacial score (nSPS) is 13.6. The van der Waals surface area contributed by atoms with Gasteiger partial charge >= 0.3 is 0 Å². The zero-order valence-electron chi connectivity index (χ0n) is 13.0. The number of hydrogen-bond acceptors (Lipinski definition) is 0. The minimum Gasteiger partial charge on any atom is -0.0651 e. The molecule has 2 aromatic rings. The van der Waals surface area contributed by atoms with Crippen LogP contribution in [0.5, 0.6) is 0 Å². The van der Waals surface area contributed by atoms with Crippen LogP contribution in [0.15, 0.2) is 54.1 Å². The second-order valence-corrected chi connectivity index (χ2v) is 5.78. The van der Waals surface area contributed by atoms with Crippen molar-refractivity contribution in [1.29, 1.82) is 0 Å². The highest BCUT2D eigenvalue weighted by molar-refractivity contribution is 5.90. The van der Waals surface area contributed by atoms with Gasteiger partial charge in [0.2, 0.25) is 0 Å². The third kappa shape index (κ3) is 2.68. The van der Waals surface area contributed by atoms with Gasteiger partial charge in [-0.05, 0) is 40.7 Å². The van der Waals surface area contributed by atoms with Crippen LogP contribution in [0.25, 0.3) is 16.7 Å². The highest BCUT2D eigenvalue weighted by Crippen LogP contribution is 2.43. The Morgan fingerprint density at radius 2 is 1.52 bits per heavy atom. The summed E-state index contributed by atoms with van der Waals surface area (Å²) in [5.41, 5.74) is 8.73. The summed E-state index contributed by atoms with van der Waals surface area (Å²) in [5.74, 6) is 0. The van der Waals surface area contributed by atoms with Crippen molar-refractivity contribution in [2.24, 2.45) is 0 Å². The summed E-state index contributed by atoms with van der Waals surface area (Å²) in [7, 11) is 0. The number of hydrogen-bond donors (Lipinski definition) is 0. The quantitative estimate of drug-likeness (QED) is 0.603. The molecular weight excluding hydrogens is 252 g/mol. The molecule has 1 aliphatic rings. The molecule has 0 unspecified atom stereocenters. The van der Waals surface area contributed by atoms with Crippen molar-refractivity contribution in [3.8, 4) is 11.1 Å². The average molecular weight is 275 g/mol. The van der Waals surface area contributed by atoms with Crippen LogP contribution in [-0.2, 0) is 0 Å². The molecule has 0 bridgehead atoms. The molecule has 0 spiro atoms. The van der Waals surface area contributed by atoms with Crippen molar-refractivity contribution in [3.63, 3.8) is 0 Å². The predicted octanol–water partition coefficient (Wildman–Crippen LogP) is 6.27. The van der Waals surface area contributed by atoms with Gasteiger partial charge in [-0.2, -0.15) is 0 Å². The largest absolute Gasteiger partial charge is 0.0651 e. The summed E-state index contributed by atoms with van der Waals surface area (Å²) in [4.78, 5) is 0. The Labute approximate surface area is 128 Å². The summed E-state index contributed by atoms with van der Waals surface area (Å²) >= 11 is 0. The SMILES string of the molecule is CCCC1=C(CCC)c2c(cccc2-c2ccccc2)[CH]1. The van der Waals surface area contributed by atoms with E-state index < -0.39 is 0 Å². The monoisotopic (exact) mass is 275 g/mol. The Hall–Kier alpha value is -1.82. The molecule has 0 heteroatoms. The van der Waals surface area contributed by atoms with E-state index in [2.05, 4.69) is 68.8 Å². The number of benzene rings is 2. The second kappa shape index (κ2) is 6.30. The van der Waals surface area contributed by atoms with Crippen molar-refractivity contribution in [2.75, 3.05) is 0 Å². The van der Waals surface area contributed by atoms with Crippen LogP contribution in [0, 0.1) is 6.42 Å². The Bertz CT molecular complexity index is 647. The molecule has 1 radical (unpaired) electrons. The molecule has 0 nitrogen and oxygen atoms in total. The molecule has 0 saturated carbocycles. The Kier molecular flexibility index (Phi) is 4.24. The second-order valence-electron chi connectivity index (χ2n) is 5.78. The molecule has 1 aliphatic carbocycles. The Morgan fingerprint density at radius 3 is 2.24 bits per heavy atom. The van der Waals surface area contributed by atoms with Gasteiger partial charge in [0.15, 0.2) is 0 Å². The molecule has 0 heterocycles. The zero-order valence-corrected chi connectivity index (χ0v) is 13.0. The molecule has 0 saturated heterocycles. The molecule has 3 rings (SSSR count). The minimum absolute atomic E-state index is 1.18. The maximum atomic E-state index is 2.41. The van der Waals surface area contributed by atoms with Crippen molar-refractivity contribution >= 4 is 5.57 Å². The first-order valence-corrected chi connectivity index (χ1v) is 8.10. The Balaban J connectivity index is 2.14. The van der Waals surface area contributed by atoms with Crippen molar-refractivity contribution in [2.45, 2.75) is 39.5 Å². The fourth-order valence-electron chi connectivity index (χ4n) is 3.35. The molecule has 0 aliphatic heterocycles. The van der Waals surface area contributed by atoms with Gasteiger partial charge in [0.1, 0.15) is 0 Å². The summed E-state index contributed by atoms with van der Waals surface area (Å²) in [6, 6.07) is 17.5. The van der Waals surface area contributed by atoms with Crippen LogP contribution < -0.4 is 0 Å². The molecule has 0 aromatic heterocycles. The van der Waals surface area contributed by atoms with E-state index in [4.69, 9.17) is 0 Å². The maximum absolute atomic E-state index is 2.41. The molecule has 0 amide bonds. The van der Waals surface area contributed by atoms with E-state index in [-0.39, 0.29) is 0 Å². The molecule has 107 valence electrons. The summed E-state index contributed by atoms with van der Waals surface area (Å²) in [5, 5.41) is 0. The first-order valence-electron chi connectivity index (χ1n) is 8.10. The smallest absolute Gasteiger partial charge is 0.0167 e. The van der Waals surface area contributed by atoms with Crippen LogP contribution in [0.4, 0.5) is 0 Å². The average Bonchev–Trinajstić information content (AvgIpc) is 2.87. The van der Waals surface area contributed by atoms with Crippen molar-refractivity contribution in [3.05, 3.63) is 71.7 Å². The first kappa shape index (κ1) is 14.1. The minimum atomic E-state index is 1.18. The maximum Gasteiger partial charge on any atom is 0.0167 e. The fourth-order valence-corrected chi connectivity index (χ4v) is 3.35. The standard InChI is InChI=1S/C21H23/c1-3-9-17-15-18-13-8-14-20(16-11-6-5-7-12-16)21(18)19(17)10-4-2/h5-8,11-15H,3-4,9-10H2,1-2H3. The molecule has 0 atom stereocenters. The van der Waals surface area contributed by atoms with Gasteiger partial charge < -0.3 is 0 Å². The predicted molar refractivity (Wildman–Crippen MR) is 92.0 cm³/mol. The lowest BCUT2D eigenvalue weighted by atomic mass is 9.91. The van der Waals surface area contributed by atoms with Crippen LogP contribution >= 0.6 is 0 Å². The van der Waals surface area contributed by atoms with Gasteiger partial charge in [-0.3, -0.25) is 0 Å². The number of allylic oxidation sites excluding steroid dienone is 2. The summed E-state index contributed by atoms with van der Waals surface area (Å²) < 4.78 is 0. The van der Waals surface area contributed by atoms with E-state index in [1.54, 1.807) is 11.1 Å². The van der Waals surface area contributed by atoms with Gasteiger partial charge in [-0.15, -0.1) is 0 Å². The third-order valence-electron chi connectivity index (χ3n) is 4.22. The van der Waals surface area contributed by atoms with E-state index in [1.165, 1.54) is 47.9 Å². The van der Waals surface area contributed by atoms with Gasteiger partial charge in [0.25, 0.3) is 0 Å². The van der Waals surface area contributed by atoms with Gasteiger partial charge in [-0.25, -0.2) is 0 Å². The third-order valence-corrected chi connectivity index (χ3v) is 4.22. The summed E-state index contributed by atoms with van der Waals surface area (Å²) in [6.07, 6.45) is 7.21. The lowest BCUT2D eigenvalue weighted by molar-refractivity contribution is 0.904. The lowest BCUT2D eigenvalue weighted by Gasteiger charge is -2.13. The zero-order chi connectivity index (χ0) is 14.7. The van der Waals surface area contributed by atoms with E-state index >= 15 is 0 Å². The van der Waals surface area contributed by atoms with Crippen LogP contribution in [0.3, 0.4) is 0 Å². The molecular formula is C21H23. The Morgan fingerprint density at radius 1 is 0.762 bits per heavy atom. The molecule has 21 heavy (non-hydrogen) atoms. The number of rotatable bonds is 5. The highest BCUT2D eigenvalue weighted by Gasteiger charge is 2.23. The van der Waals surface area contributed by atoms with Gasteiger partial charge in [0, 0.05) is 6.42 Å². The fraction of sp³-hybridized carbons (Fsp3) is 0.286. The molecule has 0 fully saturated rings. The van der Waals surface area contributed by atoms with E-state index in [9.17, 15) is 0 Å². The summed E-state index contributed by atoms with van der Waals surface area (Å²) in [6.45, 7) is 4.55. The van der Waals surface area contributed by atoms with Gasteiger partial charge in [-0.1, -0.05) is 80.8 Å². The van der Waals surface area contributed by atoms with Crippen molar-refractivity contribution in [1.82, 2.24) is 0 Å². The van der Waals surface area contributed by atoms with Crippen LogP contribution in [-0.4, -0.2) is 0 Å². The number of fused-ring (bicyclic) bond motifs is 1. The van der Waals surface area contributed by atoms with Crippen molar-refractivity contribution < 1.29 is 0 Å². The van der Waals surface area contributed by atoms with Crippen LogP contribution in [0.2, 0.25) is 0 Å². The van der Waals surface area contributed by atoms with Gasteiger partial charge in [0.05, 0.1) is 0 Å².